The van der Waals surface area contributed by atoms with Crippen molar-refractivity contribution >= 4 is 0 Å². The van der Waals surface area contributed by atoms with Crippen molar-refractivity contribution in [1.82, 2.24) is 15.0 Å². The third-order valence-electron chi connectivity index (χ3n) is 2.89. The summed E-state index contributed by atoms with van der Waals surface area (Å²) >= 11 is 0. The second kappa shape index (κ2) is 6.47. The Hall–Kier alpha value is -1.96. The van der Waals surface area contributed by atoms with Crippen LogP contribution in [0, 0.1) is 0 Å². The lowest BCUT2D eigenvalue weighted by Gasteiger charge is -2.11. The predicted molar refractivity (Wildman–Crippen MR) is 71.0 cm³/mol. The lowest BCUT2D eigenvalue weighted by Crippen LogP contribution is -2.21. The van der Waals surface area contributed by atoms with E-state index in [9.17, 15) is 10.2 Å². The average Bonchev–Trinajstić information content (AvgIpc) is 2.89. The molecule has 1 heterocycles. The van der Waals surface area contributed by atoms with Gasteiger partial charge < -0.3 is 20.1 Å². The summed E-state index contributed by atoms with van der Waals surface area (Å²) in [6.45, 7) is -0.538. The van der Waals surface area contributed by atoms with Gasteiger partial charge in [-0.15, -0.1) is 5.10 Å². The molecule has 108 valence electrons. The Morgan fingerprint density at radius 3 is 2.80 bits per heavy atom. The first-order valence-corrected chi connectivity index (χ1v) is 6.16. The molecule has 0 amide bonds. The number of nitrogens with zero attached hydrogens (tertiary/aromatic N) is 3. The number of hydrogen-bond acceptors (Lipinski definition) is 6. The summed E-state index contributed by atoms with van der Waals surface area (Å²) in [6, 6.07) is 7.25. The minimum Gasteiger partial charge on any atom is -0.497 e. The van der Waals surface area contributed by atoms with Crippen molar-refractivity contribution in [2.45, 2.75) is 19.3 Å². The molecule has 0 fully saturated rings. The molecule has 0 aliphatic rings. The molecule has 3 N–H and O–H groups in total. The first kappa shape index (κ1) is 14.4. The van der Waals surface area contributed by atoms with Crippen LogP contribution in [0.1, 0.15) is 5.69 Å². The average molecular weight is 279 g/mol. The Balaban J connectivity index is 2.44. The van der Waals surface area contributed by atoms with Crippen LogP contribution in [0.15, 0.2) is 24.3 Å². The molecule has 1 aromatic carbocycles. The molecule has 1 aromatic heterocycles. The molecule has 0 saturated heterocycles. The zero-order valence-electron chi connectivity index (χ0n) is 11.1. The number of aliphatic hydroxyl groups is 3. The first-order chi connectivity index (χ1) is 9.69. The third-order valence-corrected chi connectivity index (χ3v) is 2.89. The number of aromatic nitrogens is 3. The normalized spacial score (nSPS) is 12.4. The minimum absolute atomic E-state index is 0.0933. The van der Waals surface area contributed by atoms with Crippen LogP contribution in [0.2, 0.25) is 0 Å². The topological polar surface area (TPSA) is 101 Å². The Morgan fingerprint density at radius 2 is 2.15 bits per heavy atom. The Kier molecular flexibility index (Phi) is 4.67. The molecule has 1 unspecified atom stereocenters. The van der Waals surface area contributed by atoms with E-state index in [1.165, 1.54) is 4.68 Å². The van der Waals surface area contributed by atoms with Crippen molar-refractivity contribution in [1.29, 1.82) is 0 Å². The van der Waals surface area contributed by atoms with Crippen LogP contribution in [0.4, 0.5) is 0 Å². The second-order valence-electron chi connectivity index (χ2n) is 4.29. The van der Waals surface area contributed by atoms with E-state index in [2.05, 4.69) is 10.3 Å². The van der Waals surface area contributed by atoms with Gasteiger partial charge in [0.25, 0.3) is 0 Å². The van der Waals surface area contributed by atoms with Gasteiger partial charge in [0.15, 0.2) is 0 Å². The van der Waals surface area contributed by atoms with Gasteiger partial charge in [0.1, 0.15) is 11.4 Å². The molecule has 7 nitrogen and oxygen atoms in total. The van der Waals surface area contributed by atoms with E-state index in [1.54, 1.807) is 19.2 Å². The lowest BCUT2D eigenvalue weighted by molar-refractivity contribution is 0.0782. The van der Waals surface area contributed by atoms with Crippen LogP contribution in [0.25, 0.3) is 11.3 Å². The van der Waals surface area contributed by atoms with Gasteiger partial charge in [0, 0.05) is 5.56 Å². The molecule has 7 heteroatoms. The molecule has 0 spiro atoms. The molecule has 1 atom stereocenters. The van der Waals surface area contributed by atoms with E-state index < -0.39 is 6.10 Å². The van der Waals surface area contributed by atoms with Crippen molar-refractivity contribution in [2.75, 3.05) is 13.7 Å². The van der Waals surface area contributed by atoms with Crippen molar-refractivity contribution in [3.05, 3.63) is 30.0 Å². The molecular weight excluding hydrogens is 262 g/mol. The van der Waals surface area contributed by atoms with Crippen molar-refractivity contribution < 1.29 is 20.1 Å². The monoisotopic (exact) mass is 279 g/mol. The molecule has 2 aromatic rings. The highest BCUT2D eigenvalue weighted by atomic mass is 16.5. The molecule has 0 radical (unpaired) electrons. The number of hydrogen-bond donors (Lipinski definition) is 3. The van der Waals surface area contributed by atoms with Crippen molar-refractivity contribution in [3.8, 4) is 17.0 Å². The van der Waals surface area contributed by atoms with Gasteiger partial charge in [-0.05, 0) is 12.1 Å². The fourth-order valence-corrected chi connectivity index (χ4v) is 1.93. The number of aliphatic hydroxyl groups excluding tert-OH is 3. The fraction of sp³-hybridized carbons (Fsp3) is 0.385. The maximum atomic E-state index is 9.54. The maximum absolute atomic E-state index is 9.54. The summed E-state index contributed by atoms with van der Waals surface area (Å²) < 4.78 is 6.63. The lowest BCUT2D eigenvalue weighted by atomic mass is 10.1. The highest BCUT2D eigenvalue weighted by Gasteiger charge is 2.17. The molecule has 20 heavy (non-hydrogen) atoms. The van der Waals surface area contributed by atoms with E-state index in [0.29, 0.717) is 17.1 Å². The standard InChI is InChI=1S/C13H17N3O4/c1-20-11-4-2-3-9(5-11)13-12(8-18)14-15-16(13)6-10(19)7-17/h2-5,10,17-19H,6-8H2,1H3. The summed E-state index contributed by atoms with van der Waals surface area (Å²) in [5.74, 6) is 0.668. The van der Waals surface area contributed by atoms with E-state index in [4.69, 9.17) is 9.84 Å². The van der Waals surface area contributed by atoms with Crippen LogP contribution in [-0.2, 0) is 13.2 Å². The third kappa shape index (κ3) is 2.96. The minimum atomic E-state index is -0.937. The van der Waals surface area contributed by atoms with Gasteiger partial charge in [-0.25, -0.2) is 4.68 Å². The molecule has 0 saturated carbocycles. The highest BCUT2D eigenvalue weighted by molar-refractivity contribution is 5.63. The van der Waals surface area contributed by atoms with Crippen LogP contribution in [-0.4, -0.2) is 50.1 Å². The SMILES string of the molecule is COc1cccc(-c2c(CO)nnn2CC(O)CO)c1. The van der Waals surface area contributed by atoms with Gasteiger partial charge in [0.05, 0.1) is 38.7 Å². The van der Waals surface area contributed by atoms with Gasteiger partial charge in [0.2, 0.25) is 0 Å². The van der Waals surface area contributed by atoms with E-state index in [0.717, 1.165) is 5.56 Å². The summed E-state index contributed by atoms with van der Waals surface area (Å²) in [5, 5.41) is 35.6. The predicted octanol–water partition coefficient (Wildman–Crippen LogP) is -0.201. The summed E-state index contributed by atoms with van der Waals surface area (Å²) in [7, 11) is 1.57. The quantitative estimate of drug-likeness (QED) is 0.677. The number of methoxy groups -OCH3 is 1. The maximum Gasteiger partial charge on any atom is 0.119 e. The van der Waals surface area contributed by atoms with E-state index in [-0.39, 0.29) is 19.8 Å². The summed E-state index contributed by atoms with van der Waals surface area (Å²) in [6.07, 6.45) is -0.937. The van der Waals surface area contributed by atoms with Gasteiger partial charge >= 0.3 is 0 Å². The molecule has 0 bridgehead atoms. The van der Waals surface area contributed by atoms with Crippen molar-refractivity contribution in [3.63, 3.8) is 0 Å². The van der Waals surface area contributed by atoms with E-state index >= 15 is 0 Å². The summed E-state index contributed by atoms with van der Waals surface area (Å²) in [5.41, 5.74) is 1.77. The molecular formula is C13H17N3O4. The molecule has 0 aliphatic heterocycles. The van der Waals surface area contributed by atoms with Crippen LogP contribution < -0.4 is 4.74 Å². The van der Waals surface area contributed by atoms with Gasteiger partial charge in [-0.2, -0.15) is 0 Å². The number of benzene rings is 1. The Bertz CT molecular complexity index is 570. The molecule has 2 rings (SSSR count). The highest BCUT2D eigenvalue weighted by Crippen LogP contribution is 2.26. The zero-order chi connectivity index (χ0) is 14.5. The van der Waals surface area contributed by atoms with E-state index in [1.807, 2.05) is 12.1 Å². The van der Waals surface area contributed by atoms with Crippen molar-refractivity contribution in [2.24, 2.45) is 0 Å². The zero-order valence-corrected chi connectivity index (χ0v) is 11.1. The first-order valence-electron chi connectivity index (χ1n) is 6.16. The van der Waals surface area contributed by atoms with Crippen LogP contribution in [0.5, 0.6) is 5.75 Å². The number of rotatable bonds is 6. The van der Waals surface area contributed by atoms with Crippen LogP contribution in [0.3, 0.4) is 0 Å². The Labute approximate surface area is 116 Å². The smallest absolute Gasteiger partial charge is 0.119 e. The number of ether oxygens (including phenoxy) is 1. The summed E-state index contributed by atoms with van der Waals surface area (Å²) in [4.78, 5) is 0. The largest absolute Gasteiger partial charge is 0.497 e. The second-order valence-corrected chi connectivity index (χ2v) is 4.29. The van der Waals surface area contributed by atoms with Gasteiger partial charge in [-0.1, -0.05) is 17.3 Å². The van der Waals surface area contributed by atoms with Gasteiger partial charge in [-0.3, -0.25) is 0 Å². The fourth-order valence-electron chi connectivity index (χ4n) is 1.93. The van der Waals surface area contributed by atoms with Crippen LogP contribution >= 0.6 is 0 Å². The Morgan fingerprint density at radius 1 is 1.35 bits per heavy atom. The molecule has 0 aliphatic carbocycles.